The number of rotatable bonds is 6. The minimum absolute atomic E-state index is 0.255. The van der Waals surface area contributed by atoms with Gasteiger partial charge in [-0.2, -0.15) is 5.48 Å². The Labute approximate surface area is 231 Å². The number of hydrogen-bond acceptors (Lipinski definition) is 5. The first-order valence-corrected chi connectivity index (χ1v) is 13.2. The van der Waals surface area contributed by atoms with Crippen LogP contribution in [0.4, 0.5) is 9.18 Å². The smallest absolute Gasteiger partial charge is 0.351 e. The van der Waals surface area contributed by atoms with Crippen molar-refractivity contribution < 1.29 is 23.6 Å². The maximum Gasteiger partial charge on any atom is 0.351 e. The van der Waals surface area contributed by atoms with Gasteiger partial charge >= 0.3 is 12.0 Å². The zero-order chi connectivity index (χ0) is 27.9. The molecular weight excluding hydrogens is 515 g/mol. The van der Waals surface area contributed by atoms with E-state index < -0.39 is 24.0 Å². The number of hydrogen-bond donors (Lipinski definition) is 1. The number of methoxy groups -OCH3 is 1. The molecule has 0 spiro atoms. The fraction of sp³-hybridized carbons (Fsp3) is 0.226. The summed E-state index contributed by atoms with van der Waals surface area (Å²) in [5.74, 6) is 5.50. The van der Waals surface area contributed by atoms with Gasteiger partial charge in [0.25, 0.3) is 0 Å². The average molecular weight is 545 g/mol. The van der Waals surface area contributed by atoms with Gasteiger partial charge in [-0.3, -0.25) is 0 Å². The van der Waals surface area contributed by atoms with Crippen molar-refractivity contribution in [2.24, 2.45) is 0 Å². The monoisotopic (exact) mass is 544 g/mol. The van der Waals surface area contributed by atoms with Gasteiger partial charge in [0.05, 0.1) is 23.9 Å². The minimum Gasteiger partial charge on any atom is -0.497 e. The van der Waals surface area contributed by atoms with Crippen molar-refractivity contribution in [3.63, 3.8) is 0 Å². The Morgan fingerprint density at radius 3 is 2.46 bits per heavy atom. The number of benzene rings is 3. The lowest BCUT2D eigenvalue weighted by atomic mass is 9.98. The van der Waals surface area contributed by atoms with Gasteiger partial charge in [-0.1, -0.05) is 48.2 Å². The van der Waals surface area contributed by atoms with Crippen LogP contribution >= 0.6 is 11.3 Å². The topological polar surface area (TPSA) is 67.9 Å². The number of nitrogens with one attached hydrogen (secondary N) is 1. The van der Waals surface area contributed by atoms with Crippen LogP contribution in [0.25, 0.3) is 10.8 Å². The van der Waals surface area contributed by atoms with Crippen molar-refractivity contribution >= 4 is 34.1 Å². The number of amides is 2. The van der Waals surface area contributed by atoms with E-state index in [1.165, 1.54) is 17.0 Å². The standard InChI is InChI=1S/C31H29FN2O4S/c1-20(5-14-28-15-16-29(39-28)17-22-6-11-26(32)12-7-22)34(3)31(36)33-38-30(35)21(2)23-8-9-25-19-27(37-4)13-10-24(25)18-23/h6-13,15-16,18-21H,17H2,1-4H3,(H,33,36)/t20-,21+/m1/s1. The molecule has 0 fully saturated rings. The molecule has 4 aromatic rings. The Morgan fingerprint density at radius 2 is 1.72 bits per heavy atom. The summed E-state index contributed by atoms with van der Waals surface area (Å²) in [4.78, 5) is 33.6. The number of halogens is 1. The van der Waals surface area contributed by atoms with E-state index in [1.54, 1.807) is 51.5 Å². The summed E-state index contributed by atoms with van der Waals surface area (Å²) in [5, 5.41) is 1.97. The third kappa shape index (κ3) is 7.15. The van der Waals surface area contributed by atoms with Crippen LogP contribution in [-0.2, 0) is 16.1 Å². The molecule has 3 aromatic carbocycles. The molecule has 4 rings (SSSR count). The molecule has 2 amide bonds. The number of hydroxylamine groups is 1. The SMILES string of the molecule is COc1ccc2cc([C@H](C)C(=O)ONC(=O)N(C)[C@H](C)C#Cc3ccc(Cc4ccc(F)cc4)s3)ccc2c1. The van der Waals surface area contributed by atoms with Gasteiger partial charge in [0.1, 0.15) is 11.6 Å². The van der Waals surface area contributed by atoms with E-state index in [2.05, 4.69) is 17.3 Å². The summed E-state index contributed by atoms with van der Waals surface area (Å²) < 4.78 is 18.4. The number of nitrogens with zero attached hydrogens (tertiary/aromatic N) is 1. The van der Waals surface area contributed by atoms with Gasteiger partial charge in [0, 0.05) is 18.3 Å². The molecule has 0 aliphatic carbocycles. The molecule has 0 aliphatic rings. The largest absolute Gasteiger partial charge is 0.497 e. The number of carbonyl (C=O) groups excluding carboxylic acids is 2. The first-order valence-electron chi connectivity index (χ1n) is 12.4. The summed E-state index contributed by atoms with van der Waals surface area (Å²) in [6.07, 6.45) is 0.697. The number of ether oxygens (including phenoxy) is 1. The summed E-state index contributed by atoms with van der Waals surface area (Å²) in [5.41, 5.74) is 4.02. The molecule has 200 valence electrons. The highest BCUT2D eigenvalue weighted by Gasteiger charge is 2.21. The third-order valence-corrected chi connectivity index (χ3v) is 7.42. The van der Waals surface area contributed by atoms with Gasteiger partial charge in [-0.05, 0) is 72.1 Å². The van der Waals surface area contributed by atoms with Crippen molar-refractivity contribution in [1.82, 2.24) is 10.4 Å². The van der Waals surface area contributed by atoms with Crippen molar-refractivity contribution in [2.75, 3.05) is 14.2 Å². The van der Waals surface area contributed by atoms with Gasteiger partial charge < -0.3 is 14.5 Å². The quantitative estimate of drug-likeness (QED) is 0.229. The molecule has 0 saturated heterocycles. The van der Waals surface area contributed by atoms with Crippen molar-refractivity contribution in [1.29, 1.82) is 0 Å². The molecule has 0 aliphatic heterocycles. The summed E-state index contributed by atoms with van der Waals surface area (Å²) >= 11 is 1.55. The molecule has 0 radical (unpaired) electrons. The molecule has 0 unspecified atom stereocenters. The van der Waals surface area contributed by atoms with Crippen molar-refractivity contribution in [3.05, 3.63) is 99.5 Å². The van der Waals surface area contributed by atoms with Gasteiger partial charge in [0.2, 0.25) is 0 Å². The second-order valence-corrected chi connectivity index (χ2v) is 10.3. The zero-order valence-electron chi connectivity index (χ0n) is 22.2. The average Bonchev–Trinajstić information content (AvgIpc) is 3.41. The molecular formula is C31H29FN2O4S. The van der Waals surface area contributed by atoms with Crippen LogP contribution in [0.15, 0.2) is 72.8 Å². The van der Waals surface area contributed by atoms with E-state index in [1.807, 2.05) is 48.5 Å². The van der Waals surface area contributed by atoms with E-state index in [-0.39, 0.29) is 5.82 Å². The number of carbonyl (C=O) groups is 2. The summed E-state index contributed by atoms with van der Waals surface area (Å²) in [7, 11) is 3.20. The van der Waals surface area contributed by atoms with Crippen LogP contribution in [0.2, 0.25) is 0 Å². The predicted molar refractivity (Wildman–Crippen MR) is 151 cm³/mol. The zero-order valence-corrected chi connectivity index (χ0v) is 23.0. The Hall–Kier alpha value is -4.35. The minimum atomic E-state index is -0.581. The van der Waals surface area contributed by atoms with Gasteiger partial charge in [-0.25, -0.2) is 14.0 Å². The molecule has 8 heteroatoms. The maximum absolute atomic E-state index is 13.1. The number of thiophene rings is 1. The van der Waals surface area contributed by atoms with E-state index in [9.17, 15) is 14.0 Å². The molecule has 2 atom stereocenters. The highest BCUT2D eigenvalue weighted by molar-refractivity contribution is 7.12. The summed E-state index contributed by atoms with van der Waals surface area (Å²) in [6, 6.07) is 20.8. The van der Waals surface area contributed by atoms with Crippen molar-refractivity contribution in [3.8, 4) is 17.6 Å². The van der Waals surface area contributed by atoms with E-state index in [4.69, 9.17) is 9.57 Å². The molecule has 1 aromatic heterocycles. The Bertz CT molecular complexity index is 1540. The van der Waals surface area contributed by atoms with Crippen LogP contribution in [0, 0.1) is 17.7 Å². The first kappa shape index (κ1) is 27.7. The van der Waals surface area contributed by atoms with Crippen LogP contribution < -0.4 is 10.2 Å². The van der Waals surface area contributed by atoms with Crippen LogP contribution in [0.5, 0.6) is 5.75 Å². The Balaban J connectivity index is 1.29. The summed E-state index contributed by atoms with van der Waals surface area (Å²) in [6.45, 7) is 3.51. The number of fused-ring (bicyclic) bond motifs is 1. The van der Waals surface area contributed by atoms with E-state index >= 15 is 0 Å². The normalized spacial score (nSPS) is 12.1. The lowest BCUT2D eigenvalue weighted by Gasteiger charge is -2.21. The van der Waals surface area contributed by atoms with Crippen molar-refractivity contribution in [2.45, 2.75) is 32.2 Å². The molecule has 0 bridgehead atoms. The van der Waals surface area contributed by atoms with Gasteiger partial charge in [-0.15, -0.1) is 11.3 Å². The van der Waals surface area contributed by atoms with Crippen LogP contribution in [-0.4, -0.2) is 37.1 Å². The first-order chi connectivity index (χ1) is 18.7. The maximum atomic E-state index is 13.1. The van der Waals surface area contributed by atoms with E-state index in [0.717, 1.165) is 37.4 Å². The van der Waals surface area contributed by atoms with Gasteiger partial charge in [0.15, 0.2) is 0 Å². The molecule has 6 nitrogen and oxygen atoms in total. The second kappa shape index (κ2) is 12.5. The highest BCUT2D eigenvalue weighted by atomic mass is 32.1. The fourth-order valence-corrected chi connectivity index (χ4v) is 4.72. The fourth-order valence-electron chi connectivity index (χ4n) is 3.82. The van der Waals surface area contributed by atoms with Crippen LogP contribution in [0.3, 0.4) is 0 Å². The molecule has 1 heterocycles. The molecule has 39 heavy (non-hydrogen) atoms. The molecule has 1 N–H and O–H groups in total. The predicted octanol–water partition coefficient (Wildman–Crippen LogP) is 6.28. The van der Waals surface area contributed by atoms with Crippen LogP contribution in [0.1, 0.15) is 40.6 Å². The lowest BCUT2D eigenvalue weighted by Crippen LogP contribution is -2.43. The highest BCUT2D eigenvalue weighted by Crippen LogP contribution is 2.26. The second-order valence-electron chi connectivity index (χ2n) is 9.15. The third-order valence-electron chi connectivity index (χ3n) is 6.42. The Kier molecular flexibility index (Phi) is 8.84. The van der Waals surface area contributed by atoms with E-state index in [0.29, 0.717) is 6.42 Å². The Morgan fingerprint density at radius 1 is 1.00 bits per heavy atom. The molecule has 0 saturated carbocycles. The number of urea groups is 1. The lowest BCUT2D eigenvalue weighted by molar-refractivity contribution is -0.150.